The molecule has 3 rings (SSSR count). The molecule has 0 aliphatic carbocycles. The zero-order valence-corrected chi connectivity index (χ0v) is 20.0. The van der Waals surface area contributed by atoms with Crippen molar-refractivity contribution in [2.75, 3.05) is 20.3 Å². The molecule has 1 unspecified atom stereocenters. The summed E-state index contributed by atoms with van der Waals surface area (Å²) in [5, 5.41) is 11.2. The lowest BCUT2D eigenvalue weighted by Crippen LogP contribution is -2.29. The van der Waals surface area contributed by atoms with E-state index in [1.165, 1.54) is 35.9 Å². The Hall–Kier alpha value is -2.53. The predicted octanol–water partition coefficient (Wildman–Crippen LogP) is 3.32. The van der Waals surface area contributed by atoms with Crippen LogP contribution in [-0.2, 0) is 25.9 Å². The van der Waals surface area contributed by atoms with Crippen LogP contribution in [-0.4, -0.2) is 43.4 Å². The van der Waals surface area contributed by atoms with Crippen LogP contribution in [0, 0.1) is 0 Å². The lowest BCUT2D eigenvalue weighted by atomic mass is 10.1. The highest BCUT2D eigenvalue weighted by molar-refractivity contribution is 9.10. The zero-order chi connectivity index (χ0) is 23.3. The van der Waals surface area contributed by atoms with Crippen LogP contribution in [0.15, 0.2) is 73.7 Å². The molecule has 0 amide bonds. The van der Waals surface area contributed by atoms with E-state index in [-0.39, 0.29) is 23.9 Å². The van der Waals surface area contributed by atoms with Gasteiger partial charge in [-0.3, -0.25) is 9.36 Å². The molecular formula is C22H23BrN2O6S. The Kier molecular flexibility index (Phi) is 7.83. The summed E-state index contributed by atoms with van der Waals surface area (Å²) in [6.07, 6.45) is 0. The van der Waals surface area contributed by atoms with Crippen molar-refractivity contribution in [2.45, 2.75) is 29.4 Å². The molecule has 3 aromatic rings. The van der Waals surface area contributed by atoms with E-state index in [4.69, 9.17) is 9.47 Å². The third-order valence-corrected chi connectivity index (χ3v) is 7.10. The van der Waals surface area contributed by atoms with Gasteiger partial charge in [0.15, 0.2) is 4.90 Å². The van der Waals surface area contributed by atoms with Crippen LogP contribution in [0.2, 0.25) is 0 Å². The van der Waals surface area contributed by atoms with Crippen LogP contribution < -0.4 is 5.56 Å². The molecule has 170 valence electrons. The predicted molar refractivity (Wildman–Crippen MR) is 122 cm³/mol. The second-order valence-electron chi connectivity index (χ2n) is 6.83. The van der Waals surface area contributed by atoms with Gasteiger partial charge in [-0.15, -0.1) is 0 Å². The molecule has 32 heavy (non-hydrogen) atoms. The van der Waals surface area contributed by atoms with E-state index >= 15 is 0 Å². The van der Waals surface area contributed by atoms with Crippen molar-refractivity contribution in [2.24, 2.45) is 0 Å². The van der Waals surface area contributed by atoms with Crippen molar-refractivity contribution in [3.63, 3.8) is 0 Å². The summed E-state index contributed by atoms with van der Waals surface area (Å²) < 4.78 is 39.3. The molecule has 0 radical (unpaired) electrons. The fraction of sp³-hybridized carbons (Fsp3) is 0.273. The van der Waals surface area contributed by atoms with Crippen molar-refractivity contribution in [3.8, 4) is 5.88 Å². The van der Waals surface area contributed by atoms with Gasteiger partial charge in [0.2, 0.25) is 15.7 Å². The molecule has 1 atom stereocenters. The first-order chi connectivity index (χ1) is 15.3. The van der Waals surface area contributed by atoms with Gasteiger partial charge < -0.3 is 14.6 Å². The number of nitrogens with zero attached hydrogens (tertiary/aromatic N) is 2. The number of benzene rings is 2. The lowest BCUT2D eigenvalue weighted by Gasteiger charge is -2.25. The summed E-state index contributed by atoms with van der Waals surface area (Å²) in [7, 11) is -2.87. The van der Waals surface area contributed by atoms with E-state index in [0.29, 0.717) is 11.1 Å². The monoisotopic (exact) mass is 522 g/mol. The summed E-state index contributed by atoms with van der Waals surface area (Å²) in [6, 6.07) is 14.2. The van der Waals surface area contributed by atoms with E-state index in [1.54, 1.807) is 6.92 Å². The lowest BCUT2D eigenvalue weighted by molar-refractivity contribution is 0.114. The fourth-order valence-corrected chi connectivity index (χ4v) is 4.90. The molecule has 0 aliphatic rings. The summed E-state index contributed by atoms with van der Waals surface area (Å²) >= 11 is 3.25. The van der Waals surface area contributed by atoms with E-state index in [1.807, 2.05) is 30.3 Å². The molecule has 0 saturated heterocycles. The van der Waals surface area contributed by atoms with Crippen LogP contribution in [0.5, 0.6) is 5.88 Å². The van der Waals surface area contributed by atoms with Crippen molar-refractivity contribution in [1.29, 1.82) is 0 Å². The van der Waals surface area contributed by atoms with Crippen LogP contribution in [0.25, 0.3) is 0 Å². The van der Waals surface area contributed by atoms with E-state index in [0.717, 1.165) is 5.56 Å². The third kappa shape index (κ3) is 4.93. The van der Waals surface area contributed by atoms with Gasteiger partial charge >= 0.3 is 0 Å². The van der Waals surface area contributed by atoms with Crippen molar-refractivity contribution in [1.82, 2.24) is 9.55 Å². The smallest absolute Gasteiger partial charge is 0.296 e. The third-order valence-electron chi connectivity index (χ3n) is 4.78. The van der Waals surface area contributed by atoms with E-state index in [9.17, 15) is 18.3 Å². The summed E-state index contributed by atoms with van der Waals surface area (Å²) in [6.45, 7) is 2.12. The Labute approximate surface area is 194 Å². The van der Waals surface area contributed by atoms with Crippen LogP contribution in [0.3, 0.4) is 0 Å². The highest BCUT2D eigenvalue weighted by Gasteiger charge is 2.32. The van der Waals surface area contributed by atoms with Gasteiger partial charge in [0.05, 0.1) is 17.5 Å². The minimum atomic E-state index is -4.36. The second-order valence-corrected chi connectivity index (χ2v) is 9.63. The number of hydrogen-bond donors (Lipinski definition) is 1. The number of rotatable bonds is 9. The first-order valence-corrected chi connectivity index (χ1v) is 12.1. The van der Waals surface area contributed by atoms with Crippen LogP contribution >= 0.6 is 15.9 Å². The average Bonchev–Trinajstić information content (AvgIpc) is 2.77. The van der Waals surface area contributed by atoms with E-state index in [2.05, 4.69) is 20.9 Å². The highest BCUT2D eigenvalue weighted by Crippen LogP contribution is 2.32. The number of aromatic hydroxyl groups is 1. The number of sulfone groups is 1. The number of methoxy groups -OCH3 is 1. The Bertz CT molecular complexity index is 1230. The molecule has 1 heterocycles. The van der Waals surface area contributed by atoms with Crippen LogP contribution in [0.4, 0.5) is 0 Å². The summed E-state index contributed by atoms with van der Waals surface area (Å²) in [4.78, 5) is 15.9. The first-order valence-electron chi connectivity index (χ1n) is 9.77. The molecule has 0 saturated carbocycles. The maximum atomic E-state index is 13.3. The minimum Gasteiger partial charge on any atom is -0.493 e. The Morgan fingerprint density at radius 2 is 1.78 bits per heavy atom. The van der Waals surface area contributed by atoms with E-state index < -0.39 is 32.2 Å². The number of halogens is 1. The number of aromatic nitrogens is 2. The Morgan fingerprint density at radius 1 is 1.12 bits per heavy atom. The summed E-state index contributed by atoms with van der Waals surface area (Å²) in [5.74, 6) is -0.622. The highest BCUT2D eigenvalue weighted by atomic mass is 79.9. The zero-order valence-electron chi connectivity index (χ0n) is 17.6. The largest absolute Gasteiger partial charge is 0.493 e. The van der Waals surface area contributed by atoms with Crippen molar-refractivity contribution in [3.05, 3.63) is 80.8 Å². The quantitative estimate of drug-likeness (QED) is 0.459. The van der Waals surface area contributed by atoms with Gasteiger partial charge in [0.25, 0.3) is 5.56 Å². The van der Waals surface area contributed by atoms with Gasteiger partial charge in [-0.1, -0.05) is 46.3 Å². The van der Waals surface area contributed by atoms with Gasteiger partial charge in [-0.25, -0.2) is 8.42 Å². The van der Waals surface area contributed by atoms with Crippen molar-refractivity contribution >= 4 is 25.8 Å². The second kappa shape index (κ2) is 10.4. The maximum absolute atomic E-state index is 13.3. The van der Waals surface area contributed by atoms with Gasteiger partial charge in [0, 0.05) is 18.2 Å². The molecule has 0 aliphatic heterocycles. The normalized spacial score (nSPS) is 12.6. The van der Waals surface area contributed by atoms with Gasteiger partial charge in [-0.2, -0.15) is 4.98 Å². The maximum Gasteiger partial charge on any atom is 0.296 e. The van der Waals surface area contributed by atoms with Crippen LogP contribution in [0.1, 0.15) is 24.4 Å². The summed E-state index contributed by atoms with van der Waals surface area (Å²) in [5.41, 5.74) is -0.319. The van der Waals surface area contributed by atoms with Crippen molar-refractivity contribution < 1.29 is 23.0 Å². The molecule has 8 nitrogen and oxygen atoms in total. The Morgan fingerprint density at radius 3 is 2.38 bits per heavy atom. The van der Waals surface area contributed by atoms with Gasteiger partial charge in [0.1, 0.15) is 12.4 Å². The molecule has 1 N–H and O–H groups in total. The number of hydrogen-bond acceptors (Lipinski definition) is 7. The molecular weight excluding hydrogens is 500 g/mol. The molecule has 0 fully saturated rings. The standard InChI is InChI=1S/C22H23BrN2O6S/c1-3-31-14-19-24-21(26)20(32(28,29)17-11-9-16(23)10-12-17)22(27)25(19)18(13-30-2)15-7-5-4-6-8-15/h4-12,18,27H,3,13-14H2,1-2H3. The molecule has 1 aromatic heterocycles. The fourth-order valence-electron chi connectivity index (χ4n) is 3.29. The molecule has 0 spiro atoms. The SMILES string of the molecule is CCOCc1nc(=O)c(S(=O)(=O)c2ccc(Br)cc2)c(O)n1C(COC)c1ccccc1. The molecule has 2 aromatic carbocycles. The topological polar surface area (TPSA) is 108 Å². The minimum absolute atomic E-state index is 0.0923. The average molecular weight is 523 g/mol. The Balaban J connectivity index is 2.29. The number of ether oxygens (including phenoxy) is 2. The molecule has 10 heteroatoms. The molecule has 0 bridgehead atoms. The first kappa shape index (κ1) is 24.1. The van der Waals surface area contributed by atoms with Gasteiger partial charge in [-0.05, 0) is 36.8 Å².